The number of alkyl halides is 3. The smallest absolute Gasteiger partial charge is 0.393 e. The third-order valence-electron chi connectivity index (χ3n) is 2.82. The number of nitrogens with two attached hydrogens (primary N) is 2. The number of rotatable bonds is 7. The van der Waals surface area contributed by atoms with Crippen LogP contribution >= 0.6 is 0 Å². The molecule has 4 N–H and O–H groups in total. The topological polar surface area (TPSA) is 78.3 Å². The Labute approximate surface area is 114 Å². The minimum absolute atomic E-state index is 0.361. The standard InChI is InChI=1S/C13H17F3N2O2/c14-13(15,16)9(7-17)6-11(18)12(19)8-20-10-4-2-1-3-5-10/h1-5,9,11H,6-8,17-18H2. The summed E-state index contributed by atoms with van der Waals surface area (Å²) in [6, 6.07) is 7.24. The molecule has 0 aliphatic heterocycles. The van der Waals surface area contributed by atoms with Crippen molar-refractivity contribution in [3.63, 3.8) is 0 Å². The molecular weight excluding hydrogens is 273 g/mol. The minimum atomic E-state index is -4.45. The van der Waals surface area contributed by atoms with Crippen LogP contribution in [-0.2, 0) is 4.79 Å². The predicted octanol–water partition coefficient (Wildman–Crippen LogP) is 1.49. The number of carbonyl (C=O) groups excluding carboxylic acids is 1. The normalized spacial score (nSPS) is 14.7. The van der Waals surface area contributed by atoms with E-state index in [1.807, 2.05) is 0 Å². The van der Waals surface area contributed by atoms with Gasteiger partial charge < -0.3 is 16.2 Å². The van der Waals surface area contributed by atoms with Gasteiger partial charge in [-0.1, -0.05) is 18.2 Å². The first-order valence-corrected chi connectivity index (χ1v) is 6.07. The highest BCUT2D eigenvalue weighted by atomic mass is 19.4. The molecule has 2 unspecified atom stereocenters. The Kier molecular flexibility index (Phi) is 5.97. The molecule has 0 saturated heterocycles. The lowest BCUT2D eigenvalue weighted by atomic mass is 9.97. The van der Waals surface area contributed by atoms with Crippen molar-refractivity contribution in [2.45, 2.75) is 18.6 Å². The molecule has 0 radical (unpaired) electrons. The van der Waals surface area contributed by atoms with E-state index in [9.17, 15) is 18.0 Å². The number of ether oxygens (including phenoxy) is 1. The molecule has 0 aromatic heterocycles. The fourth-order valence-corrected chi connectivity index (χ4v) is 1.58. The van der Waals surface area contributed by atoms with Gasteiger partial charge in [0.05, 0.1) is 12.0 Å². The van der Waals surface area contributed by atoms with E-state index in [-0.39, 0.29) is 6.61 Å². The Morgan fingerprint density at radius 2 is 1.85 bits per heavy atom. The van der Waals surface area contributed by atoms with Gasteiger partial charge in [0.1, 0.15) is 12.4 Å². The van der Waals surface area contributed by atoms with E-state index in [4.69, 9.17) is 16.2 Å². The number of Topliss-reactive ketones (excluding diaryl/α,β-unsaturated/α-hetero) is 1. The Hall–Kier alpha value is -1.60. The van der Waals surface area contributed by atoms with Gasteiger partial charge in [-0.3, -0.25) is 4.79 Å². The summed E-state index contributed by atoms with van der Waals surface area (Å²) in [7, 11) is 0. The third-order valence-corrected chi connectivity index (χ3v) is 2.82. The highest BCUT2D eigenvalue weighted by molar-refractivity contribution is 5.85. The van der Waals surface area contributed by atoms with Crippen molar-refractivity contribution < 1.29 is 22.7 Å². The van der Waals surface area contributed by atoms with Gasteiger partial charge >= 0.3 is 6.18 Å². The first kappa shape index (κ1) is 16.5. The molecule has 1 aromatic rings. The van der Waals surface area contributed by atoms with Gasteiger partial charge in [-0.15, -0.1) is 0 Å². The van der Waals surface area contributed by atoms with Crippen molar-refractivity contribution >= 4 is 5.78 Å². The highest BCUT2D eigenvalue weighted by Gasteiger charge is 2.40. The van der Waals surface area contributed by atoms with Crippen LogP contribution in [0.5, 0.6) is 5.75 Å². The molecule has 1 aromatic carbocycles. The second-order valence-electron chi connectivity index (χ2n) is 4.38. The fourth-order valence-electron chi connectivity index (χ4n) is 1.58. The maximum atomic E-state index is 12.5. The molecule has 0 heterocycles. The molecule has 0 amide bonds. The maximum absolute atomic E-state index is 12.5. The van der Waals surface area contributed by atoms with Crippen molar-refractivity contribution in [3.05, 3.63) is 30.3 Å². The SMILES string of the molecule is NCC(CC(N)C(=O)COc1ccccc1)C(F)(F)F. The molecule has 112 valence electrons. The molecule has 2 atom stereocenters. The number of para-hydroxylation sites is 1. The summed E-state index contributed by atoms with van der Waals surface area (Å²) in [5.74, 6) is -1.91. The van der Waals surface area contributed by atoms with Gasteiger partial charge in [-0.25, -0.2) is 0 Å². The van der Waals surface area contributed by atoms with Crippen LogP contribution in [0.1, 0.15) is 6.42 Å². The third kappa shape index (κ3) is 5.18. The molecule has 0 aliphatic carbocycles. The number of benzene rings is 1. The van der Waals surface area contributed by atoms with Crippen LogP contribution in [0.25, 0.3) is 0 Å². The molecule has 0 bridgehead atoms. The lowest BCUT2D eigenvalue weighted by molar-refractivity contribution is -0.174. The van der Waals surface area contributed by atoms with E-state index in [0.29, 0.717) is 5.75 Å². The molecule has 7 heteroatoms. The Bertz CT molecular complexity index is 423. The van der Waals surface area contributed by atoms with E-state index in [2.05, 4.69) is 0 Å². The van der Waals surface area contributed by atoms with E-state index < -0.39 is 36.9 Å². The Balaban J connectivity index is 2.47. The van der Waals surface area contributed by atoms with Gasteiger partial charge in [0.2, 0.25) is 0 Å². The van der Waals surface area contributed by atoms with Crippen LogP contribution in [-0.4, -0.2) is 31.2 Å². The number of halogens is 3. The first-order chi connectivity index (χ1) is 9.34. The summed E-state index contributed by atoms with van der Waals surface area (Å²) >= 11 is 0. The van der Waals surface area contributed by atoms with E-state index in [0.717, 1.165) is 0 Å². The summed E-state index contributed by atoms with van der Waals surface area (Å²) in [5, 5.41) is 0. The lowest BCUT2D eigenvalue weighted by Crippen LogP contribution is -2.41. The zero-order valence-corrected chi connectivity index (χ0v) is 10.8. The van der Waals surface area contributed by atoms with Gasteiger partial charge in [0.25, 0.3) is 0 Å². The van der Waals surface area contributed by atoms with Crippen LogP contribution in [0.3, 0.4) is 0 Å². The van der Waals surface area contributed by atoms with Crippen LogP contribution in [0, 0.1) is 5.92 Å². The van der Waals surface area contributed by atoms with Gasteiger partial charge in [-0.05, 0) is 18.6 Å². The van der Waals surface area contributed by atoms with Gasteiger partial charge in [0, 0.05) is 6.54 Å². The van der Waals surface area contributed by atoms with Gasteiger partial charge in [-0.2, -0.15) is 13.2 Å². The zero-order valence-electron chi connectivity index (χ0n) is 10.8. The van der Waals surface area contributed by atoms with Crippen molar-refractivity contribution in [2.24, 2.45) is 17.4 Å². The molecule has 20 heavy (non-hydrogen) atoms. The summed E-state index contributed by atoms with van der Waals surface area (Å²) in [4.78, 5) is 11.6. The molecule has 0 aliphatic rings. The van der Waals surface area contributed by atoms with Gasteiger partial charge in [0.15, 0.2) is 5.78 Å². The van der Waals surface area contributed by atoms with Crippen molar-refractivity contribution in [1.29, 1.82) is 0 Å². The van der Waals surface area contributed by atoms with E-state index in [1.54, 1.807) is 30.3 Å². The van der Waals surface area contributed by atoms with Crippen LogP contribution in [0.15, 0.2) is 30.3 Å². The van der Waals surface area contributed by atoms with E-state index >= 15 is 0 Å². The fraction of sp³-hybridized carbons (Fsp3) is 0.462. The highest BCUT2D eigenvalue weighted by Crippen LogP contribution is 2.28. The summed E-state index contributed by atoms with van der Waals surface area (Å²) < 4.78 is 42.7. The maximum Gasteiger partial charge on any atom is 0.393 e. The molecule has 0 fully saturated rings. The minimum Gasteiger partial charge on any atom is -0.486 e. The molecule has 4 nitrogen and oxygen atoms in total. The summed E-state index contributed by atoms with van der Waals surface area (Å²) in [6.07, 6.45) is -4.98. The van der Waals surface area contributed by atoms with Crippen molar-refractivity contribution in [2.75, 3.05) is 13.2 Å². The first-order valence-electron chi connectivity index (χ1n) is 6.07. The molecular formula is C13H17F3N2O2. The van der Waals surface area contributed by atoms with Crippen LogP contribution < -0.4 is 16.2 Å². The zero-order chi connectivity index (χ0) is 15.2. The second-order valence-corrected chi connectivity index (χ2v) is 4.38. The molecule has 0 saturated carbocycles. The second kappa shape index (κ2) is 7.25. The quantitative estimate of drug-likeness (QED) is 0.797. The monoisotopic (exact) mass is 290 g/mol. The van der Waals surface area contributed by atoms with E-state index in [1.165, 1.54) is 0 Å². The molecule has 0 spiro atoms. The summed E-state index contributed by atoms with van der Waals surface area (Å²) in [5.41, 5.74) is 10.5. The lowest BCUT2D eigenvalue weighted by Gasteiger charge is -2.21. The Morgan fingerprint density at radius 1 is 1.25 bits per heavy atom. The summed E-state index contributed by atoms with van der Waals surface area (Å²) in [6.45, 7) is -0.954. The average Bonchev–Trinajstić information content (AvgIpc) is 2.41. The van der Waals surface area contributed by atoms with Crippen LogP contribution in [0.2, 0.25) is 0 Å². The predicted molar refractivity (Wildman–Crippen MR) is 68.1 cm³/mol. The number of hydrogen-bond acceptors (Lipinski definition) is 4. The Morgan fingerprint density at radius 3 is 2.35 bits per heavy atom. The molecule has 1 rings (SSSR count). The number of carbonyl (C=O) groups is 1. The van der Waals surface area contributed by atoms with Crippen LogP contribution in [0.4, 0.5) is 13.2 Å². The van der Waals surface area contributed by atoms with Crippen molar-refractivity contribution in [3.8, 4) is 5.75 Å². The largest absolute Gasteiger partial charge is 0.486 e. The number of hydrogen-bond donors (Lipinski definition) is 2. The average molecular weight is 290 g/mol. The number of ketones is 1. The van der Waals surface area contributed by atoms with Crippen molar-refractivity contribution in [1.82, 2.24) is 0 Å².